The molecule has 1 aliphatic heterocycles. The van der Waals surface area contributed by atoms with E-state index in [1.54, 1.807) is 5.57 Å². The number of hydrogen-bond donors (Lipinski definition) is 0. The first-order valence-corrected chi connectivity index (χ1v) is 6.20. The van der Waals surface area contributed by atoms with E-state index in [0.717, 1.165) is 12.3 Å². The molecule has 0 bridgehead atoms. The van der Waals surface area contributed by atoms with Crippen molar-refractivity contribution in [2.24, 2.45) is 11.8 Å². The quantitative estimate of drug-likeness (QED) is 0.617. The molecule has 0 aromatic rings. The molecule has 2 heteroatoms. The Morgan fingerprint density at radius 2 is 2.00 bits per heavy atom. The summed E-state index contributed by atoms with van der Waals surface area (Å²) >= 11 is 0. The minimum atomic E-state index is -0.236. The number of allylic oxidation sites excluding steroid dienone is 1. The molecule has 1 heterocycles. The number of fused-ring (bicyclic) bond motifs is 2. The fourth-order valence-electron chi connectivity index (χ4n) is 3.31. The van der Waals surface area contributed by atoms with Gasteiger partial charge in [-0.2, -0.15) is 0 Å². The monoisotopic (exact) mass is 208 g/mol. The molecule has 15 heavy (non-hydrogen) atoms. The van der Waals surface area contributed by atoms with Crippen molar-refractivity contribution in [2.45, 2.75) is 58.0 Å². The lowest BCUT2D eigenvalue weighted by Crippen LogP contribution is -2.52. The molecule has 84 valence electrons. The van der Waals surface area contributed by atoms with Crippen molar-refractivity contribution in [1.82, 2.24) is 0 Å². The normalized spacial score (nSPS) is 46.5. The largest absolute Gasteiger partial charge is 0.344 e. The molecular formula is C13H20O2. The maximum absolute atomic E-state index is 6.04. The Labute approximate surface area is 91.6 Å². The first kappa shape index (κ1) is 9.86. The van der Waals surface area contributed by atoms with Crippen LogP contribution in [0.3, 0.4) is 0 Å². The minimum Gasteiger partial charge on any atom is -0.344 e. The summed E-state index contributed by atoms with van der Waals surface area (Å²) in [5, 5.41) is 0. The van der Waals surface area contributed by atoms with Crippen LogP contribution in [-0.4, -0.2) is 18.0 Å². The van der Waals surface area contributed by atoms with Gasteiger partial charge in [-0.05, 0) is 32.6 Å². The second-order valence-corrected chi connectivity index (χ2v) is 5.33. The highest BCUT2D eigenvalue weighted by Gasteiger charge is 2.61. The summed E-state index contributed by atoms with van der Waals surface area (Å²) in [6, 6.07) is 0. The van der Waals surface area contributed by atoms with Crippen LogP contribution in [0.5, 0.6) is 0 Å². The van der Waals surface area contributed by atoms with E-state index in [-0.39, 0.29) is 18.0 Å². The van der Waals surface area contributed by atoms with E-state index in [2.05, 4.69) is 26.8 Å². The highest BCUT2D eigenvalue weighted by atomic mass is 16.8. The van der Waals surface area contributed by atoms with Gasteiger partial charge in [0.05, 0.1) is 12.2 Å². The second kappa shape index (κ2) is 3.08. The third kappa shape index (κ3) is 1.24. The SMILES string of the molecule is CCC1=C[C@H]2[C@@H](C1)CC21O[C@H](C)[C@@H](C)O1. The first-order chi connectivity index (χ1) is 7.14. The molecule has 2 nitrogen and oxygen atoms in total. The van der Waals surface area contributed by atoms with E-state index in [1.165, 1.54) is 12.8 Å². The molecule has 1 saturated carbocycles. The lowest BCUT2D eigenvalue weighted by molar-refractivity contribution is -0.269. The molecule has 2 fully saturated rings. The molecule has 0 aromatic heterocycles. The van der Waals surface area contributed by atoms with Gasteiger partial charge in [0, 0.05) is 12.3 Å². The Bertz CT molecular complexity index is 298. The molecule has 2 aliphatic carbocycles. The zero-order chi connectivity index (χ0) is 10.6. The zero-order valence-corrected chi connectivity index (χ0v) is 9.82. The van der Waals surface area contributed by atoms with E-state index in [9.17, 15) is 0 Å². The molecule has 3 rings (SSSR count). The van der Waals surface area contributed by atoms with Gasteiger partial charge in [0.25, 0.3) is 0 Å². The van der Waals surface area contributed by atoms with Gasteiger partial charge < -0.3 is 9.47 Å². The summed E-state index contributed by atoms with van der Waals surface area (Å²) in [4.78, 5) is 0. The van der Waals surface area contributed by atoms with Crippen molar-refractivity contribution < 1.29 is 9.47 Å². The fourth-order valence-corrected chi connectivity index (χ4v) is 3.31. The van der Waals surface area contributed by atoms with E-state index in [0.29, 0.717) is 5.92 Å². The summed E-state index contributed by atoms with van der Waals surface area (Å²) in [6.45, 7) is 6.48. The Hall–Kier alpha value is -0.340. The highest BCUT2D eigenvalue weighted by molar-refractivity contribution is 5.23. The summed E-state index contributed by atoms with van der Waals surface area (Å²) < 4.78 is 12.1. The Morgan fingerprint density at radius 3 is 2.60 bits per heavy atom. The first-order valence-electron chi connectivity index (χ1n) is 6.20. The van der Waals surface area contributed by atoms with Crippen molar-refractivity contribution in [1.29, 1.82) is 0 Å². The van der Waals surface area contributed by atoms with Gasteiger partial charge in [-0.25, -0.2) is 0 Å². The van der Waals surface area contributed by atoms with Crippen LogP contribution in [0.4, 0.5) is 0 Å². The van der Waals surface area contributed by atoms with Crippen LogP contribution in [0.2, 0.25) is 0 Å². The molecule has 1 spiro atoms. The van der Waals surface area contributed by atoms with Crippen molar-refractivity contribution in [2.75, 3.05) is 0 Å². The lowest BCUT2D eigenvalue weighted by Gasteiger charge is -2.47. The van der Waals surface area contributed by atoms with Crippen LogP contribution in [0.25, 0.3) is 0 Å². The topological polar surface area (TPSA) is 18.5 Å². The third-order valence-electron chi connectivity index (χ3n) is 4.39. The van der Waals surface area contributed by atoms with Crippen molar-refractivity contribution >= 4 is 0 Å². The molecule has 1 saturated heterocycles. The van der Waals surface area contributed by atoms with Crippen LogP contribution >= 0.6 is 0 Å². The molecule has 0 N–H and O–H groups in total. The zero-order valence-electron chi connectivity index (χ0n) is 9.82. The van der Waals surface area contributed by atoms with Crippen LogP contribution in [0.15, 0.2) is 11.6 Å². The molecule has 0 aromatic carbocycles. The standard InChI is InChI=1S/C13H20O2/c1-4-10-5-11-7-13(12(11)6-10)14-8(2)9(3)15-13/h6,8-9,11-12H,4-5,7H2,1-3H3/t8-,9-,11+,12+/m1/s1. The van der Waals surface area contributed by atoms with E-state index >= 15 is 0 Å². The second-order valence-electron chi connectivity index (χ2n) is 5.33. The third-order valence-corrected chi connectivity index (χ3v) is 4.39. The summed E-state index contributed by atoms with van der Waals surface area (Å²) in [5.41, 5.74) is 1.60. The van der Waals surface area contributed by atoms with Gasteiger partial charge >= 0.3 is 0 Å². The molecule has 0 unspecified atom stereocenters. The van der Waals surface area contributed by atoms with E-state index < -0.39 is 0 Å². The maximum atomic E-state index is 6.04. The lowest BCUT2D eigenvalue weighted by atomic mass is 9.70. The fraction of sp³-hybridized carbons (Fsp3) is 0.846. The maximum Gasteiger partial charge on any atom is 0.176 e. The van der Waals surface area contributed by atoms with Gasteiger partial charge in [-0.15, -0.1) is 0 Å². The average Bonchev–Trinajstić information content (AvgIpc) is 2.68. The van der Waals surface area contributed by atoms with Gasteiger partial charge in [-0.3, -0.25) is 0 Å². The molecule has 0 amide bonds. The smallest absolute Gasteiger partial charge is 0.176 e. The summed E-state index contributed by atoms with van der Waals surface area (Å²) in [7, 11) is 0. The Kier molecular flexibility index (Phi) is 2.02. The summed E-state index contributed by atoms with van der Waals surface area (Å²) in [5.74, 6) is 1.11. The van der Waals surface area contributed by atoms with Gasteiger partial charge in [0.15, 0.2) is 5.79 Å². The number of rotatable bonds is 1. The highest BCUT2D eigenvalue weighted by Crippen LogP contribution is 2.58. The van der Waals surface area contributed by atoms with Crippen LogP contribution in [0.1, 0.15) is 40.0 Å². The van der Waals surface area contributed by atoms with Crippen molar-refractivity contribution in [3.8, 4) is 0 Å². The molecule has 4 atom stereocenters. The average molecular weight is 208 g/mol. The van der Waals surface area contributed by atoms with Crippen LogP contribution in [-0.2, 0) is 9.47 Å². The predicted octanol–water partition coefficient (Wildman–Crippen LogP) is 2.88. The summed E-state index contributed by atoms with van der Waals surface area (Å²) in [6.07, 6.45) is 6.49. The van der Waals surface area contributed by atoms with Gasteiger partial charge in [0.1, 0.15) is 0 Å². The Balaban J connectivity index is 1.79. The van der Waals surface area contributed by atoms with Crippen molar-refractivity contribution in [3.63, 3.8) is 0 Å². The van der Waals surface area contributed by atoms with Gasteiger partial charge in [-0.1, -0.05) is 18.6 Å². The molecule has 3 aliphatic rings. The minimum absolute atomic E-state index is 0.236. The predicted molar refractivity (Wildman–Crippen MR) is 58.4 cm³/mol. The van der Waals surface area contributed by atoms with E-state index in [1.807, 2.05) is 0 Å². The van der Waals surface area contributed by atoms with E-state index in [4.69, 9.17) is 9.47 Å². The van der Waals surface area contributed by atoms with Crippen LogP contribution in [0, 0.1) is 11.8 Å². The molecular weight excluding hydrogens is 188 g/mol. The number of hydrogen-bond acceptors (Lipinski definition) is 2. The number of ether oxygens (including phenoxy) is 2. The van der Waals surface area contributed by atoms with Crippen molar-refractivity contribution in [3.05, 3.63) is 11.6 Å². The van der Waals surface area contributed by atoms with Gasteiger partial charge in [0.2, 0.25) is 0 Å². The van der Waals surface area contributed by atoms with Crippen LogP contribution < -0.4 is 0 Å². The Morgan fingerprint density at radius 1 is 1.33 bits per heavy atom. The molecule has 0 radical (unpaired) electrons.